The van der Waals surface area contributed by atoms with Crippen LogP contribution in [-0.4, -0.2) is 4.98 Å². The molecule has 0 fully saturated rings. The van der Waals surface area contributed by atoms with Crippen molar-refractivity contribution in [3.05, 3.63) is 47.9 Å². The second kappa shape index (κ2) is 4.29. The van der Waals surface area contributed by atoms with E-state index in [2.05, 4.69) is 4.98 Å². The first kappa shape index (κ1) is 12.3. The molecule has 1 aromatic heterocycles. The Morgan fingerprint density at radius 1 is 1.06 bits per heavy atom. The molecule has 0 saturated heterocycles. The third kappa shape index (κ3) is 2.42. The Kier molecular flexibility index (Phi) is 2.94. The van der Waals surface area contributed by atoms with Crippen molar-refractivity contribution in [1.29, 1.82) is 0 Å². The van der Waals surface area contributed by atoms with Gasteiger partial charge in [0.15, 0.2) is 0 Å². The molecule has 0 atom stereocenters. The number of rotatable bonds is 1. The number of pyridine rings is 1. The standard InChI is InChI=1S/C12H8F4N2/c13-10-5-8(12(14,15)16)2-3-9(10)7-1-4-11(17)18-6-7/h1-6H,(H2,17,18). The molecular formula is C12H8F4N2. The van der Waals surface area contributed by atoms with Gasteiger partial charge in [0.25, 0.3) is 0 Å². The van der Waals surface area contributed by atoms with Crippen LogP contribution < -0.4 is 5.73 Å². The normalized spacial score (nSPS) is 11.6. The maximum absolute atomic E-state index is 13.6. The number of alkyl halides is 3. The number of nitrogens with two attached hydrogens (primary N) is 1. The van der Waals surface area contributed by atoms with Crippen molar-refractivity contribution in [2.75, 3.05) is 5.73 Å². The molecule has 0 unspecified atom stereocenters. The Morgan fingerprint density at radius 3 is 2.28 bits per heavy atom. The first-order valence-corrected chi connectivity index (χ1v) is 4.96. The smallest absolute Gasteiger partial charge is 0.384 e. The van der Waals surface area contributed by atoms with Crippen LogP contribution >= 0.6 is 0 Å². The number of hydrogen-bond donors (Lipinski definition) is 1. The Bertz CT molecular complexity index is 561. The lowest BCUT2D eigenvalue weighted by Gasteiger charge is -2.09. The van der Waals surface area contributed by atoms with Crippen LogP contribution in [0.2, 0.25) is 0 Å². The van der Waals surface area contributed by atoms with Gasteiger partial charge in [-0.3, -0.25) is 0 Å². The van der Waals surface area contributed by atoms with Crippen LogP contribution in [0, 0.1) is 5.82 Å². The molecule has 0 amide bonds. The van der Waals surface area contributed by atoms with Gasteiger partial charge in [-0.05, 0) is 24.3 Å². The SMILES string of the molecule is Nc1ccc(-c2ccc(C(F)(F)F)cc2F)cn1. The van der Waals surface area contributed by atoms with Gasteiger partial charge < -0.3 is 5.73 Å². The van der Waals surface area contributed by atoms with Crippen molar-refractivity contribution in [2.45, 2.75) is 6.18 Å². The molecule has 94 valence electrons. The fraction of sp³-hybridized carbons (Fsp3) is 0.0833. The van der Waals surface area contributed by atoms with Gasteiger partial charge in [0.1, 0.15) is 11.6 Å². The second-order valence-corrected chi connectivity index (χ2v) is 3.66. The minimum atomic E-state index is -4.56. The topological polar surface area (TPSA) is 38.9 Å². The summed E-state index contributed by atoms with van der Waals surface area (Å²) in [6.07, 6.45) is -3.25. The number of anilines is 1. The summed E-state index contributed by atoms with van der Waals surface area (Å²) in [6, 6.07) is 5.31. The molecule has 0 aliphatic rings. The number of halogens is 4. The molecule has 0 radical (unpaired) electrons. The van der Waals surface area contributed by atoms with E-state index in [4.69, 9.17) is 5.73 Å². The minimum absolute atomic E-state index is 0.0514. The number of hydrogen-bond acceptors (Lipinski definition) is 2. The van der Waals surface area contributed by atoms with Crippen molar-refractivity contribution >= 4 is 5.82 Å². The predicted octanol–water partition coefficient (Wildman–Crippen LogP) is 3.49. The number of nitrogen functional groups attached to an aromatic ring is 1. The summed E-state index contributed by atoms with van der Waals surface area (Å²) < 4.78 is 50.7. The van der Waals surface area contributed by atoms with Crippen LogP contribution in [0.15, 0.2) is 36.5 Å². The van der Waals surface area contributed by atoms with E-state index in [1.165, 1.54) is 18.3 Å². The zero-order valence-corrected chi connectivity index (χ0v) is 9.00. The summed E-state index contributed by atoms with van der Waals surface area (Å²) in [5, 5.41) is 0. The van der Waals surface area contributed by atoms with Gasteiger partial charge in [-0.1, -0.05) is 6.07 Å². The molecule has 2 aromatic rings. The lowest BCUT2D eigenvalue weighted by Crippen LogP contribution is -2.05. The number of nitrogens with zero attached hydrogens (tertiary/aromatic N) is 1. The van der Waals surface area contributed by atoms with E-state index in [0.717, 1.165) is 12.1 Å². The van der Waals surface area contributed by atoms with Gasteiger partial charge in [0, 0.05) is 17.3 Å². The Balaban J connectivity index is 2.45. The predicted molar refractivity (Wildman–Crippen MR) is 59.0 cm³/mol. The third-order valence-electron chi connectivity index (χ3n) is 2.39. The largest absolute Gasteiger partial charge is 0.416 e. The van der Waals surface area contributed by atoms with E-state index in [-0.39, 0.29) is 11.4 Å². The molecule has 2 rings (SSSR count). The van der Waals surface area contributed by atoms with E-state index in [9.17, 15) is 17.6 Å². The molecule has 2 nitrogen and oxygen atoms in total. The summed E-state index contributed by atoms with van der Waals surface area (Å²) in [7, 11) is 0. The fourth-order valence-corrected chi connectivity index (χ4v) is 1.49. The summed E-state index contributed by atoms with van der Waals surface area (Å²) in [5.74, 6) is -0.692. The lowest BCUT2D eigenvalue weighted by atomic mass is 10.0. The van der Waals surface area contributed by atoms with E-state index < -0.39 is 17.6 Å². The Labute approximate surface area is 100 Å². The molecular weight excluding hydrogens is 248 g/mol. The van der Waals surface area contributed by atoms with Crippen molar-refractivity contribution in [3.63, 3.8) is 0 Å². The van der Waals surface area contributed by atoms with E-state index in [0.29, 0.717) is 11.6 Å². The minimum Gasteiger partial charge on any atom is -0.384 e. The lowest BCUT2D eigenvalue weighted by molar-refractivity contribution is -0.137. The second-order valence-electron chi connectivity index (χ2n) is 3.66. The highest BCUT2D eigenvalue weighted by molar-refractivity contribution is 5.64. The van der Waals surface area contributed by atoms with Crippen molar-refractivity contribution in [3.8, 4) is 11.1 Å². The number of aromatic nitrogens is 1. The van der Waals surface area contributed by atoms with E-state index >= 15 is 0 Å². The van der Waals surface area contributed by atoms with Gasteiger partial charge in [-0.2, -0.15) is 13.2 Å². The van der Waals surface area contributed by atoms with Crippen molar-refractivity contribution in [2.24, 2.45) is 0 Å². The highest BCUT2D eigenvalue weighted by Gasteiger charge is 2.31. The zero-order chi connectivity index (χ0) is 13.3. The van der Waals surface area contributed by atoms with Crippen LogP contribution in [0.25, 0.3) is 11.1 Å². The molecule has 6 heteroatoms. The fourth-order valence-electron chi connectivity index (χ4n) is 1.49. The van der Waals surface area contributed by atoms with Gasteiger partial charge in [-0.25, -0.2) is 9.37 Å². The van der Waals surface area contributed by atoms with Gasteiger partial charge >= 0.3 is 6.18 Å². The molecule has 1 heterocycles. The molecule has 0 spiro atoms. The third-order valence-corrected chi connectivity index (χ3v) is 2.39. The molecule has 18 heavy (non-hydrogen) atoms. The summed E-state index contributed by atoms with van der Waals surface area (Å²) >= 11 is 0. The molecule has 1 aromatic carbocycles. The average molecular weight is 256 g/mol. The summed E-state index contributed by atoms with van der Waals surface area (Å²) in [5.41, 5.74) is 4.77. The van der Waals surface area contributed by atoms with Crippen LogP contribution in [0.5, 0.6) is 0 Å². The first-order chi connectivity index (χ1) is 8.38. The van der Waals surface area contributed by atoms with Crippen molar-refractivity contribution in [1.82, 2.24) is 4.98 Å². The van der Waals surface area contributed by atoms with Crippen molar-refractivity contribution < 1.29 is 17.6 Å². The zero-order valence-electron chi connectivity index (χ0n) is 9.00. The average Bonchev–Trinajstić information content (AvgIpc) is 2.29. The Hall–Kier alpha value is -2.11. The molecule has 2 N–H and O–H groups in total. The van der Waals surface area contributed by atoms with Gasteiger partial charge in [-0.15, -0.1) is 0 Å². The van der Waals surface area contributed by atoms with Crippen LogP contribution in [-0.2, 0) is 6.18 Å². The number of benzene rings is 1. The molecule has 0 saturated carbocycles. The Morgan fingerprint density at radius 2 is 1.78 bits per heavy atom. The van der Waals surface area contributed by atoms with Gasteiger partial charge in [0.05, 0.1) is 5.56 Å². The van der Waals surface area contributed by atoms with Crippen LogP contribution in [0.4, 0.5) is 23.4 Å². The quantitative estimate of drug-likeness (QED) is 0.793. The van der Waals surface area contributed by atoms with Gasteiger partial charge in [0.2, 0.25) is 0 Å². The summed E-state index contributed by atoms with van der Waals surface area (Å²) in [4.78, 5) is 3.76. The molecule has 0 aliphatic heterocycles. The first-order valence-electron chi connectivity index (χ1n) is 4.96. The maximum Gasteiger partial charge on any atom is 0.416 e. The summed E-state index contributed by atoms with van der Waals surface area (Å²) in [6.45, 7) is 0. The highest BCUT2D eigenvalue weighted by atomic mass is 19.4. The van der Waals surface area contributed by atoms with E-state index in [1.807, 2.05) is 0 Å². The van der Waals surface area contributed by atoms with E-state index in [1.54, 1.807) is 0 Å². The van der Waals surface area contributed by atoms with Crippen LogP contribution in [0.1, 0.15) is 5.56 Å². The monoisotopic (exact) mass is 256 g/mol. The molecule has 0 aliphatic carbocycles. The highest BCUT2D eigenvalue weighted by Crippen LogP contribution is 2.32. The van der Waals surface area contributed by atoms with Crippen LogP contribution in [0.3, 0.4) is 0 Å². The maximum atomic E-state index is 13.6. The molecule has 0 bridgehead atoms.